The molecule has 0 bridgehead atoms. The number of carbonyl (C=O) groups excluding carboxylic acids is 1. The third kappa shape index (κ3) is 2.95. The number of likely N-dealkylation sites (tertiary alicyclic amines) is 1. The van der Waals surface area contributed by atoms with Gasteiger partial charge in [-0.2, -0.15) is 0 Å². The summed E-state index contributed by atoms with van der Waals surface area (Å²) >= 11 is 0. The Labute approximate surface area is 126 Å². The van der Waals surface area contributed by atoms with Crippen molar-refractivity contribution in [1.82, 2.24) is 4.90 Å². The summed E-state index contributed by atoms with van der Waals surface area (Å²) in [6, 6.07) is 4.76. The van der Waals surface area contributed by atoms with Gasteiger partial charge in [-0.3, -0.25) is 9.69 Å². The Hall–Kier alpha value is -1.42. The molecule has 116 valence electrons. The molecule has 1 atom stereocenters. The van der Waals surface area contributed by atoms with Crippen molar-refractivity contribution in [2.45, 2.75) is 45.1 Å². The lowest BCUT2D eigenvalue weighted by Gasteiger charge is -2.42. The van der Waals surface area contributed by atoms with Crippen LogP contribution in [0.25, 0.3) is 0 Å². The third-order valence-corrected chi connectivity index (χ3v) is 4.66. The van der Waals surface area contributed by atoms with E-state index in [1.54, 1.807) is 12.1 Å². The van der Waals surface area contributed by atoms with E-state index >= 15 is 0 Å². The average Bonchev–Trinajstić information content (AvgIpc) is 2.54. The van der Waals surface area contributed by atoms with Gasteiger partial charge in [0.05, 0.1) is 18.2 Å². The number of halogens is 1. The van der Waals surface area contributed by atoms with Gasteiger partial charge < -0.3 is 4.74 Å². The monoisotopic (exact) mass is 293 g/mol. The number of hydrogen-bond donors (Lipinski definition) is 0. The number of ether oxygens (including phenoxy) is 1. The molecule has 2 rings (SSSR count). The van der Waals surface area contributed by atoms with Gasteiger partial charge in [-0.15, -0.1) is 0 Å². The van der Waals surface area contributed by atoms with E-state index < -0.39 is 11.4 Å². The fraction of sp³-hybridized carbons (Fsp3) is 0.588. The largest absolute Gasteiger partial charge is 0.494 e. The maximum Gasteiger partial charge on any atom is 0.185 e. The molecule has 1 unspecified atom stereocenters. The third-order valence-electron chi connectivity index (χ3n) is 4.66. The summed E-state index contributed by atoms with van der Waals surface area (Å²) in [4.78, 5) is 15.2. The van der Waals surface area contributed by atoms with Crippen LogP contribution in [0.5, 0.6) is 5.75 Å². The summed E-state index contributed by atoms with van der Waals surface area (Å²) in [5, 5.41) is 0. The van der Waals surface area contributed by atoms with Crippen LogP contribution in [0.4, 0.5) is 4.39 Å². The number of benzene rings is 1. The van der Waals surface area contributed by atoms with Crippen molar-refractivity contribution in [3.8, 4) is 5.75 Å². The highest BCUT2D eigenvalue weighted by molar-refractivity contribution is 6.03. The van der Waals surface area contributed by atoms with Crippen LogP contribution in [-0.4, -0.2) is 36.4 Å². The molecule has 0 amide bonds. The first-order chi connectivity index (χ1) is 10.0. The van der Waals surface area contributed by atoms with Gasteiger partial charge in [-0.05, 0) is 51.4 Å². The van der Waals surface area contributed by atoms with Crippen molar-refractivity contribution >= 4 is 5.78 Å². The standard InChI is InChI=1S/C17H24FNO2/c1-4-17(2,19-11-6-5-7-12-19)16(20)13-9-8-10-14(21-3)15(13)18/h8-10H,4-7,11-12H2,1-3H3. The summed E-state index contributed by atoms with van der Waals surface area (Å²) in [5.74, 6) is -0.581. The Kier molecular flexibility index (Phi) is 4.99. The lowest BCUT2D eigenvalue weighted by atomic mass is 9.85. The lowest BCUT2D eigenvalue weighted by molar-refractivity contribution is 0.0501. The Balaban J connectivity index is 2.35. The minimum Gasteiger partial charge on any atom is -0.494 e. The van der Waals surface area contributed by atoms with Gasteiger partial charge in [0.25, 0.3) is 0 Å². The highest BCUT2D eigenvalue weighted by atomic mass is 19.1. The second-order valence-electron chi connectivity index (χ2n) is 5.83. The number of rotatable bonds is 5. The van der Waals surface area contributed by atoms with Crippen LogP contribution in [0, 0.1) is 5.82 Å². The number of hydrogen-bond acceptors (Lipinski definition) is 3. The SMILES string of the molecule is CCC(C)(C(=O)c1cccc(OC)c1F)N1CCCCC1. The van der Waals surface area contributed by atoms with Crippen molar-refractivity contribution in [3.05, 3.63) is 29.6 Å². The molecule has 1 saturated heterocycles. The molecule has 1 heterocycles. The minimum atomic E-state index is -0.645. The first-order valence-corrected chi connectivity index (χ1v) is 7.67. The van der Waals surface area contributed by atoms with Gasteiger partial charge >= 0.3 is 0 Å². The average molecular weight is 293 g/mol. The molecule has 0 aliphatic carbocycles. The normalized spacial score (nSPS) is 19.0. The molecule has 3 nitrogen and oxygen atoms in total. The molecule has 1 aliphatic rings. The number of methoxy groups -OCH3 is 1. The smallest absolute Gasteiger partial charge is 0.185 e. The number of piperidine rings is 1. The van der Waals surface area contributed by atoms with E-state index in [2.05, 4.69) is 4.90 Å². The molecule has 0 saturated carbocycles. The van der Waals surface area contributed by atoms with Gasteiger partial charge in [0.2, 0.25) is 0 Å². The summed E-state index contributed by atoms with van der Waals surface area (Å²) in [5.41, 5.74) is -0.516. The van der Waals surface area contributed by atoms with E-state index in [0.29, 0.717) is 6.42 Å². The number of carbonyl (C=O) groups is 1. The van der Waals surface area contributed by atoms with E-state index in [1.165, 1.54) is 19.6 Å². The second kappa shape index (κ2) is 6.56. The van der Waals surface area contributed by atoms with Gasteiger partial charge in [0.1, 0.15) is 0 Å². The van der Waals surface area contributed by atoms with Crippen molar-refractivity contribution in [3.63, 3.8) is 0 Å². The Morgan fingerprint density at radius 1 is 1.33 bits per heavy atom. The van der Waals surface area contributed by atoms with Crippen molar-refractivity contribution in [2.24, 2.45) is 0 Å². The number of Topliss-reactive ketones (excluding diaryl/α,β-unsaturated/α-hetero) is 1. The van der Waals surface area contributed by atoms with Crippen molar-refractivity contribution in [1.29, 1.82) is 0 Å². The van der Waals surface area contributed by atoms with E-state index in [9.17, 15) is 9.18 Å². The topological polar surface area (TPSA) is 29.5 Å². The predicted molar refractivity (Wildman–Crippen MR) is 81.4 cm³/mol. The van der Waals surface area contributed by atoms with Crippen LogP contribution in [-0.2, 0) is 0 Å². The molecule has 1 aliphatic heterocycles. The highest BCUT2D eigenvalue weighted by Gasteiger charge is 2.39. The van der Waals surface area contributed by atoms with E-state index in [1.807, 2.05) is 13.8 Å². The van der Waals surface area contributed by atoms with Gasteiger partial charge in [-0.25, -0.2) is 4.39 Å². The van der Waals surface area contributed by atoms with Gasteiger partial charge in [0, 0.05) is 0 Å². The highest BCUT2D eigenvalue weighted by Crippen LogP contribution is 2.30. The lowest BCUT2D eigenvalue weighted by Crippen LogP contribution is -2.54. The predicted octanol–water partition coefficient (Wildman–Crippen LogP) is 3.67. The molecular formula is C17H24FNO2. The maximum atomic E-state index is 14.4. The zero-order valence-electron chi connectivity index (χ0n) is 13.1. The van der Waals surface area contributed by atoms with E-state index in [-0.39, 0.29) is 17.1 Å². The molecule has 1 aromatic carbocycles. The Morgan fingerprint density at radius 2 is 2.00 bits per heavy atom. The van der Waals surface area contributed by atoms with Crippen molar-refractivity contribution in [2.75, 3.05) is 20.2 Å². The van der Waals surface area contributed by atoms with E-state index in [4.69, 9.17) is 4.74 Å². The number of ketones is 1. The fourth-order valence-electron chi connectivity index (χ4n) is 3.05. The van der Waals surface area contributed by atoms with Crippen LogP contribution in [0.1, 0.15) is 49.9 Å². The number of nitrogens with zero attached hydrogens (tertiary/aromatic N) is 1. The van der Waals surface area contributed by atoms with Crippen LogP contribution in [0.3, 0.4) is 0 Å². The molecule has 0 aromatic heterocycles. The molecular weight excluding hydrogens is 269 g/mol. The zero-order valence-corrected chi connectivity index (χ0v) is 13.1. The Morgan fingerprint density at radius 3 is 2.57 bits per heavy atom. The van der Waals surface area contributed by atoms with Gasteiger partial charge in [0.15, 0.2) is 17.3 Å². The molecule has 1 aromatic rings. The van der Waals surface area contributed by atoms with Gasteiger partial charge in [-0.1, -0.05) is 19.4 Å². The quantitative estimate of drug-likeness (QED) is 0.776. The van der Waals surface area contributed by atoms with Crippen LogP contribution in [0.2, 0.25) is 0 Å². The first-order valence-electron chi connectivity index (χ1n) is 7.67. The first kappa shape index (κ1) is 16.0. The molecule has 1 fully saturated rings. The minimum absolute atomic E-state index is 0.123. The summed E-state index contributed by atoms with van der Waals surface area (Å²) in [6.07, 6.45) is 4.08. The maximum absolute atomic E-state index is 14.4. The van der Waals surface area contributed by atoms with Crippen LogP contribution >= 0.6 is 0 Å². The zero-order chi connectivity index (χ0) is 15.5. The van der Waals surface area contributed by atoms with Crippen LogP contribution < -0.4 is 4.74 Å². The summed E-state index contributed by atoms with van der Waals surface area (Å²) < 4.78 is 19.4. The van der Waals surface area contributed by atoms with E-state index in [0.717, 1.165) is 25.9 Å². The van der Waals surface area contributed by atoms with Crippen molar-refractivity contribution < 1.29 is 13.9 Å². The molecule has 0 N–H and O–H groups in total. The molecule has 0 spiro atoms. The van der Waals surface area contributed by atoms with Crippen LogP contribution in [0.15, 0.2) is 18.2 Å². The molecule has 21 heavy (non-hydrogen) atoms. The molecule has 0 radical (unpaired) electrons. The fourth-order valence-corrected chi connectivity index (χ4v) is 3.05. The Bertz CT molecular complexity index is 512. The second-order valence-corrected chi connectivity index (χ2v) is 5.83. The summed E-state index contributed by atoms with van der Waals surface area (Å²) in [7, 11) is 1.41. The summed E-state index contributed by atoms with van der Waals surface area (Å²) in [6.45, 7) is 5.73. The molecule has 4 heteroatoms.